The van der Waals surface area contributed by atoms with Crippen LogP contribution in [0.2, 0.25) is 0 Å². The molecule has 2 aromatic carbocycles. The lowest BCUT2D eigenvalue weighted by Crippen LogP contribution is -1.93. The first-order valence-electron chi connectivity index (χ1n) is 8.75. The maximum absolute atomic E-state index is 13.1. The van der Waals surface area contributed by atoms with Crippen LogP contribution in [0.1, 0.15) is 22.9 Å². The fourth-order valence-corrected chi connectivity index (χ4v) is 3.89. The van der Waals surface area contributed by atoms with Crippen molar-refractivity contribution in [1.29, 1.82) is 0 Å². The molecule has 2 N–H and O–H groups in total. The molecule has 0 atom stereocenters. The molecule has 0 saturated carbocycles. The lowest BCUT2D eigenvalue weighted by Gasteiger charge is -1.98. The van der Waals surface area contributed by atoms with Crippen LogP contribution < -0.4 is 0 Å². The molecule has 5 aromatic rings. The molecular formula is C20H15FN6S. The summed E-state index contributed by atoms with van der Waals surface area (Å²) >= 11 is 1.53. The highest BCUT2D eigenvalue weighted by molar-refractivity contribution is 7.13. The Labute approximate surface area is 163 Å². The normalized spacial score (nSPS) is 11.3. The number of halogens is 1. The second kappa shape index (κ2) is 6.97. The predicted octanol–water partition coefficient (Wildman–Crippen LogP) is 4.13. The van der Waals surface area contributed by atoms with Crippen molar-refractivity contribution < 1.29 is 4.39 Å². The Balaban J connectivity index is 1.29. The molecule has 8 heteroatoms. The van der Waals surface area contributed by atoms with Crippen LogP contribution in [0.25, 0.3) is 21.5 Å². The molecule has 0 spiro atoms. The van der Waals surface area contributed by atoms with Crippen molar-refractivity contribution in [3.63, 3.8) is 0 Å². The second-order valence-corrected chi connectivity index (χ2v) is 7.35. The number of thiazole rings is 1. The molecule has 0 fully saturated rings. The number of fused-ring (bicyclic) bond motifs is 1. The van der Waals surface area contributed by atoms with Gasteiger partial charge in [-0.1, -0.05) is 6.07 Å². The van der Waals surface area contributed by atoms with E-state index >= 15 is 0 Å². The van der Waals surface area contributed by atoms with E-state index in [1.165, 1.54) is 23.5 Å². The number of nitrogens with zero attached hydrogens (tertiary/aromatic N) is 4. The number of H-pyrrole nitrogens is 2. The minimum Gasteiger partial charge on any atom is -0.278 e. The van der Waals surface area contributed by atoms with E-state index in [1.54, 1.807) is 12.1 Å². The summed E-state index contributed by atoms with van der Waals surface area (Å²) in [6.07, 6.45) is 3.03. The number of aromatic amines is 2. The number of hydrogen-bond donors (Lipinski definition) is 2. The molecule has 3 aromatic heterocycles. The SMILES string of the molecule is Fc1ccc(-c2nc(Cc3n[nH]c(Cc4ccc5[nH]ncc5c4)n3)cs2)cc1. The van der Waals surface area contributed by atoms with Crippen LogP contribution in [-0.4, -0.2) is 30.4 Å². The molecule has 0 unspecified atom stereocenters. The number of hydrogen-bond acceptors (Lipinski definition) is 5. The second-order valence-electron chi connectivity index (χ2n) is 6.49. The number of aromatic nitrogens is 6. The molecule has 138 valence electrons. The topological polar surface area (TPSA) is 83.1 Å². The summed E-state index contributed by atoms with van der Waals surface area (Å²) in [6, 6.07) is 12.5. The summed E-state index contributed by atoms with van der Waals surface area (Å²) in [5.41, 5.74) is 3.96. The molecule has 0 amide bonds. The molecule has 5 rings (SSSR count). The minimum absolute atomic E-state index is 0.249. The van der Waals surface area contributed by atoms with E-state index < -0.39 is 0 Å². The number of benzene rings is 2. The molecule has 0 aliphatic heterocycles. The lowest BCUT2D eigenvalue weighted by molar-refractivity contribution is 0.628. The van der Waals surface area contributed by atoms with Crippen molar-refractivity contribution in [3.05, 3.63) is 82.8 Å². The average molecular weight is 390 g/mol. The van der Waals surface area contributed by atoms with Crippen molar-refractivity contribution in [2.75, 3.05) is 0 Å². The van der Waals surface area contributed by atoms with E-state index in [9.17, 15) is 4.39 Å². The van der Waals surface area contributed by atoms with Crippen molar-refractivity contribution in [3.8, 4) is 10.6 Å². The zero-order valence-corrected chi connectivity index (χ0v) is 15.5. The van der Waals surface area contributed by atoms with Gasteiger partial charge < -0.3 is 0 Å². The van der Waals surface area contributed by atoms with Gasteiger partial charge in [-0.25, -0.2) is 14.4 Å². The van der Waals surface area contributed by atoms with Gasteiger partial charge in [-0.15, -0.1) is 11.3 Å². The molecule has 0 saturated heterocycles. The van der Waals surface area contributed by atoms with E-state index in [2.05, 4.69) is 42.5 Å². The maximum Gasteiger partial charge on any atom is 0.156 e. The highest BCUT2D eigenvalue weighted by Gasteiger charge is 2.10. The quantitative estimate of drug-likeness (QED) is 0.473. The monoisotopic (exact) mass is 390 g/mol. The van der Waals surface area contributed by atoms with Crippen molar-refractivity contribution >= 4 is 22.2 Å². The van der Waals surface area contributed by atoms with Gasteiger partial charge in [0.05, 0.1) is 23.8 Å². The zero-order valence-electron chi connectivity index (χ0n) is 14.7. The summed E-state index contributed by atoms with van der Waals surface area (Å²) in [5.74, 6) is 1.27. The molecule has 6 nitrogen and oxygen atoms in total. The lowest BCUT2D eigenvalue weighted by atomic mass is 10.1. The van der Waals surface area contributed by atoms with E-state index in [-0.39, 0.29) is 5.82 Å². The molecule has 0 aliphatic carbocycles. The van der Waals surface area contributed by atoms with Crippen LogP contribution >= 0.6 is 11.3 Å². The van der Waals surface area contributed by atoms with Crippen molar-refractivity contribution in [2.45, 2.75) is 12.8 Å². The van der Waals surface area contributed by atoms with E-state index in [0.717, 1.165) is 38.6 Å². The van der Waals surface area contributed by atoms with Gasteiger partial charge >= 0.3 is 0 Å². The Morgan fingerprint density at radius 1 is 0.964 bits per heavy atom. The number of rotatable bonds is 5. The van der Waals surface area contributed by atoms with Gasteiger partial charge in [0, 0.05) is 22.8 Å². The summed E-state index contributed by atoms with van der Waals surface area (Å²) in [4.78, 5) is 9.21. The third-order valence-electron chi connectivity index (χ3n) is 4.44. The summed E-state index contributed by atoms with van der Waals surface area (Å²) < 4.78 is 13.1. The Morgan fingerprint density at radius 2 is 1.86 bits per heavy atom. The molecule has 0 aliphatic rings. The van der Waals surface area contributed by atoms with Crippen LogP contribution in [0.15, 0.2) is 54.0 Å². The van der Waals surface area contributed by atoms with Crippen molar-refractivity contribution in [1.82, 2.24) is 30.4 Å². The van der Waals surface area contributed by atoms with Gasteiger partial charge in [0.15, 0.2) is 5.82 Å². The molecule has 0 bridgehead atoms. The van der Waals surface area contributed by atoms with Crippen molar-refractivity contribution in [2.24, 2.45) is 0 Å². The van der Waals surface area contributed by atoms with Gasteiger partial charge in [0.1, 0.15) is 16.6 Å². The summed E-state index contributed by atoms with van der Waals surface area (Å²) in [5, 5.41) is 18.2. The van der Waals surface area contributed by atoms with Crippen LogP contribution in [-0.2, 0) is 12.8 Å². The Hall–Kier alpha value is -3.39. The first-order chi connectivity index (χ1) is 13.7. The zero-order chi connectivity index (χ0) is 18.9. The third kappa shape index (κ3) is 3.41. The van der Waals surface area contributed by atoms with Gasteiger partial charge in [0.25, 0.3) is 0 Å². The molecule has 0 radical (unpaired) electrons. The Bertz CT molecular complexity index is 1240. The van der Waals surface area contributed by atoms with Gasteiger partial charge in [-0.05, 0) is 42.0 Å². The predicted molar refractivity (Wildman–Crippen MR) is 106 cm³/mol. The van der Waals surface area contributed by atoms with Crippen LogP contribution in [0.3, 0.4) is 0 Å². The van der Waals surface area contributed by atoms with E-state index in [1.807, 2.05) is 17.6 Å². The fourth-order valence-electron chi connectivity index (χ4n) is 3.06. The van der Waals surface area contributed by atoms with E-state index in [4.69, 9.17) is 0 Å². The summed E-state index contributed by atoms with van der Waals surface area (Å²) in [7, 11) is 0. The van der Waals surface area contributed by atoms with Crippen LogP contribution in [0, 0.1) is 5.82 Å². The van der Waals surface area contributed by atoms with Crippen LogP contribution in [0.4, 0.5) is 4.39 Å². The van der Waals surface area contributed by atoms with Gasteiger partial charge in [-0.2, -0.15) is 10.2 Å². The smallest absolute Gasteiger partial charge is 0.156 e. The fraction of sp³-hybridized carbons (Fsp3) is 0.100. The summed E-state index contributed by atoms with van der Waals surface area (Å²) in [6.45, 7) is 0. The van der Waals surface area contributed by atoms with Gasteiger partial charge in [-0.3, -0.25) is 10.2 Å². The maximum atomic E-state index is 13.1. The number of nitrogens with one attached hydrogen (secondary N) is 2. The molecule has 28 heavy (non-hydrogen) atoms. The van der Waals surface area contributed by atoms with E-state index in [0.29, 0.717) is 18.7 Å². The third-order valence-corrected chi connectivity index (χ3v) is 5.38. The van der Waals surface area contributed by atoms with Crippen LogP contribution in [0.5, 0.6) is 0 Å². The highest BCUT2D eigenvalue weighted by Crippen LogP contribution is 2.24. The Kier molecular flexibility index (Phi) is 4.17. The largest absolute Gasteiger partial charge is 0.278 e. The first-order valence-corrected chi connectivity index (χ1v) is 9.63. The molecule has 3 heterocycles. The first kappa shape index (κ1) is 16.8. The average Bonchev–Trinajstić information content (AvgIpc) is 3.44. The van der Waals surface area contributed by atoms with Gasteiger partial charge in [0.2, 0.25) is 0 Å². The highest BCUT2D eigenvalue weighted by atomic mass is 32.1. The minimum atomic E-state index is -0.249. The molecular weight excluding hydrogens is 375 g/mol. The Morgan fingerprint density at radius 3 is 2.75 bits per heavy atom. The standard InChI is InChI=1S/C20H15FN6S/c21-15-4-2-13(3-5-15)20-23-16(11-28-20)9-19-24-18(26-27-19)8-12-1-6-17-14(7-12)10-22-25-17/h1-7,10-11H,8-9H2,(H,22,25)(H,24,26,27).